The molecule has 0 saturated carbocycles. The molecular weight excluding hydrogens is 328 g/mol. The molecule has 0 spiro atoms. The second kappa shape index (κ2) is 7.53. The molecule has 2 amide bonds. The van der Waals surface area contributed by atoms with E-state index in [0.717, 1.165) is 31.0 Å². The van der Waals surface area contributed by atoms with E-state index in [0.29, 0.717) is 19.0 Å². The van der Waals surface area contributed by atoms with Crippen LogP contribution in [0.2, 0.25) is 5.02 Å². The first-order valence-electron chi connectivity index (χ1n) is 8.39. The highest BCUT2D eigenvalue weighted by Crippen LogP contribution is 2.30. The molecule has 1 aromatic carbocycles. The van der Waals surface area contributed by atoms with Gasteiger partial charge in [-0.15, -0.1) is 0 Å². The van der Waals surface area contributed by atoms with E-state index >= 15 is 0 Å². The van der Waals surface area contributed by atoms with Crippen molar-refractivity contribution in [2.75, 3.05) is 39.9 Å². The van der Waals surface area contributed by atoms with Crippen molar-refractivity contribution in [2.45, 2.75) is 18.8 Å². The van der Waals surface area contributed by atoms with Crippen LogP contribution in [0.3, 0.4) is 0 Å². The van der Waals surface area contributed by atoms with Crippen LogP contribution in [0.5, 0.6) is 0 Å². The van der Waals surface area contributed by atoms with Gasteiger partial charge in [0.1, 0.15) is 6.61 Å². The molecule has 2 aliphatic rings. The molecule has 130 valence electrons. The summed E-state index contributed by atoms with van der Waals surface area (Å²) in [5.74, 6) is 0.445. The Labute approximate surface area is 147 Å². The fourth-order valence-electron chi connectivity index (χ4n) is 3.63. The van der Waals surface area contributed by atoms with Gasteiger partial charge in [0.2, 0.25) is 11.8 Å². The number of carbonyl (C=O) groups excluding carboxylic acids is 2. The smallest absolute Gasteiger partial charge is 0.248 e. The Morgan fingerprint density at radius 1 is 1.12 bits per heavy atom. The van der Waals surface area contributed by atoms with Gasteiger partial charge >= 0.3 is 0 Å². The Hall–Kier alpha value is -1.59. The Balaban J connectivity index is 1.55. The lowest BCUT2D eigenvalue weighted by molar-refractivity contribution is -0.136. The normalized spacial score (nSPS) is 23.8. The standard InChI is InChI=1S/C18H23ClN2O3/c1-24-12-17(22)20-8-7-15(11-20)18(23)21-9-6-14(10-21)13-2-4-16(19)5-3-13/h2-5,14-15H,6-12H2,1H3/t14-,15-/m0/s1. The first-order chi connectivity index (χ1) is 11.6. The van der Waals surface area contributed by atoms with Crippen molar-refractivity contribution in [3.8, 4) is 0 Å². The maximum absolute atomic E-state index is 12.7. The molecule has 0 radical (unpaired) electrons. The molecule has 2 atom stereocenters. The zero-order valence-electron chi connectivity index (χ0n) is 13.9. The van der Waals surface area contributed by atoms with Gasteiger partial charge < -0.3 is 14.5 Å². The van der Waals surface area contributed by atoms with Crippen molar-refractivity contribution in [1.29, 1.82) is 0 Å². The molecule has 0 N–H and O–H groups in total. The minimum Gasteiger partial charge on any atom is -0.375 e. The van der Waals surface area contributed by atoms with Gasteiger partial charge in [0.05, 0.1) is 5.92 Å². The van der Waals surface area contributed by atoms with Crippen molar-refractivity contribution < 1.29 is 14.3 Å². The number of likely N-dealkylation sites (tertiary alicyclic amines) is 2. The highest BCUT2D eigenvalue weighted by molar-refractivity contribution is 6.30. The fourth-order valence-corrected chi connectivity index (χ4v) is 3.75. The molecular formula is C18H23ClN2O3. The third-order valence-corrected chi connectivity index (χ3v) is 5.25. The van der Waals surface area contributed by atoms with Gasteiger partial charge in [0.15, 0.2) is 0 Å². The van der Waals surface area contributed by atoms with Crippen LogP contribution in [0, 0.1) is 5.92 Å². The lowest BCUT2D eigenvalue weighted by Crippen LogP contribution is -2.37. The van der Waals surface area contributed by atoms with Crippen LogP contribution in [-0.4, -0.2) is 61.5 Å². The molecule has 0 aromatic heterocycles. The van der Waals surface area contributed by atoms with Gasteiger partial charge in [-0.1, -0.05) is 23.7 Å². The molecule has 0 bridgehead atoms. The molecule has 2 aliphatic heterocycles. The molecule has 24 heavy (non-hydrogen) atoms. The summed E-state index contributed by atoms with van der Waals surface area (Å²) >= 11 is 5.94. The van der Waals surface area contributed by atoms with Crippen molar-refractivity contribution in [2.24, 2.45) is 5.92 Å². The lowest BCUT2D eigenvalue weighted by atomic mass is 9.99. The second-order valence-electron chi connectivity index (χ2n) is 6.58. The zero-order valence-corrected chi connectivity index (χ0v) is 14.7. The van der Waals surface area contributed by atoms with E-state index in [1.54, 1.807) is 4.90 Å². The number of ether oxygens (including phenoxy) is 1. The molecule has 2 heterocycles. The van der Waals surface area contributed by atoms with Crippen molar-refractivity contribution in [3.63, 3.8) is 0 Å². The SMILES string of the molecule is COCC(=O)N1CC[C@H](C(=O)N2CC[C@H](c3ccc(Cl)cc3)C2)C1. The second-order valence-corrected chi connectivity index (χ2v) is 7.02. The average molecular weight is 351 g/mol. The van der Waals surface area contributed by atoms with Crippen molar-refractivity contribution in [1.82, 2.24) is 9.80 Å². The van der Waals surface area contributed by atoms with Crippen molar-refractivity contribution in [3.05, 3.63) is 34.9 Å². The maximum Gasteiger partial charge on any atom is 0.248 e. The molecule has 2 fully saturated rings. The van der Waals surface area contributed by atoms with Gasteiger partial charge in [-0.3, -0.25) is 9.59 Å². The van der Waals surface area contributed by atoms with Crippen LogP contribution in [0.15, 0.2) is 24.3 Å². The fraction of sp³-hybridized carbons (Fsp3) is 0.556. The van der Waals surface area contributed by atoms with Crippen LogP contribution < -0.4 is 0 Å². The third kappa shape index (κ3) is 3.73. The number of amides is 2. The number of halogens is 1. The highest BCUT2D eigenvalue weighted by atomic mass is 35.5. The molecule has 3 rings (SSSR count). The summed E-state index contributed by atoms with van der Waals surface area (Å²) in [4.78, 5) is 28.3. The van der Waals surface area contributed by atoms with Gasteiger partial charge in [0, 0.05) is 44.2 Å². The minimum atomic E-state index is -0.0743. The number of hydrogen-bond donors (Lipinski definition) is 0. The third-order valence-electron chi connectivity index (χ3n) is 5.00. The largest absolute Gasteiger partial charge is 0.375 e. The molecule has 2 saturated heterocycles. The number of hydrogen-bond acceptors (Lipinski definition) is 3. The maximum atomic E-state index is 12.7. The summed E-state index contributed by atoms with van der Waals surface area (Å²) < 4.78 is 4.89. The Morgan fingerprint density at radius 2 is 1.83 bits per heavy atom. The van der Waals surface area contributed by atoms with Crippen LogP contribution >= 0.6 is 11.6 Å². The Kier molecular flexibility index (Phi) is 5.41. The van der Waals surface area contributed by atoms with E-state index in [4.69, 9.17) is 16.3 Å². The summed E-state index contributed by atoms with van der Waals surface area (Å²) in [6.45, 7) is 2.79. The topological polar surface area (TPSA) is 49.9 Å². The van der Waals surface area contributed by atoms with E-state index in [1.165, 1.54) is 12.7 Å². The van der Waals surface area contributed by atoms with Gasteiger partial charge in [-0.25, -0.2) is 0 Å². The predicted molar refractivity (Wildman–Crippen MR) is 92.0 cm³/mol. The Bertz CT molecular complexity index is 605. The first-order valence-corrected chi connectivity index (χ1v) is 8.77. The minimum absolute atomic E-state index is 0.0340. The summed E-state index contributed by atoms with van der Waals surface area (Å²) in [5.41, 5.74) is 1.23. The van der Waals surface area contributed by atoms with Crippen LogP contribution in [0.4, 0.5) is 0 Å². The number of benzene rings is 1. The predicted octanol–water partition coefficient (Wildman–Crippen LogP) is 2.15. The molecule has 0 unspecified atom stereocenters. The van der Waals surface area contributed by atoms with E-state index in [1.807, 2.05) is 29.2 Å². The number of carbonyl (C=O) groups is 2. The molecule has 6 heteroatoms. The van der Waals surface area contributed by atoms with Crippen LogP contribution in [0.25, 0.3) is 0 Å². The van der Waals surface area contributed by atoms with Gasteiger partial charge in [-0.2, -0.15) is 0 Å². The molecule has 0 aliphatic carbocycles. The number of methoxy groups -OCH3 is 1. The summed E-state index contributed by atoms with van der Waals surface area (Å²) in [6, 6.07) is 7.89. The summed E-state index contributed by atoms with van der Waals surface area (Å²) in [5, 5.41) is 0.733. The van der Waals surface area contributed by atoms with E-state index < -0.39 is 0 Å². The summed E-state index contributed by atoms with van der Waals surface area (Å²) in [7, 11) is 1.51. The number of rotatable bonds is 4. The van der Waals surface area contributed by atoms with Crippen molar-refractivity contribution >= 4 is 23.4 Å². The number of nitrogens with zero attached hydrogens (tertiary/aromatic N) is 2. The highest BCUT2D eigenvalue weighted by Gasteiger charge is 2.36. The van der Waals surface area contributed by atoms with Crippen LogP contribution in [-0.2, 0) is 14.3 Å². The quantitative estimate of drug-likeness (QED) is 0.836. The first kappa shape index (κ1) is 17.2. The molecule has 1 aromatic rings. The summed E-state index contributed by atoms with van der Waals surface area (Å²) in [6.07, 6.45) is 1.73. The van der Waals surface area contributed by atoms with E-state index in [2.05, 4.69) is 0 Å². The van der Waals surface area contributed by atoms with Gasteiger partial charge in [0.25, 0.3) is 0 Å². The van der Waals surface area contributed by atoms with E-state index in [-0.39, 0.29) is 24.3 Å². The lowest BCUT2D eigenvalue weighted by Gasteiger charge is -2.21. The molecule has 5 nitrogen and oxygen atoms in total. The zero-order chi connectivity index (χ0) is 17.1. The van der Waals surface area contributed by atoms with E-state index in [9.17, 15) is 9.59 Å². The monoisotopic (exact) mass is 350 g/mol. The Morgan fingerprint density at radius 3 is 2.54 bits per heavy atom. The van der Waals surface area contributed by atoms with Gasteiger partial charge in [-0.05, 0) is 30.5 Å². The average Bonchev–Trinajstić information content (AvgIpc) is 3.25. The van der Waals surface area contributed by atoms with Crippen LogP contribution in [0.1, 0.15) is 24.3 Å².